The van der Waals surface area contributed by atoms with Crippen LogP contribution in [-0.4, -0.2) is 13.0 Å². The van der Waals surface area contributed by atoms with Gasteiger partial charge in [0, 0.05) is 21.8 Å². The van der Waals surface area contributed by atoms with Crippen LogP contribution in [0.5, 0.6) is 5.75 Å². The van der Waals surface area contributed by atoms with Crippen LogP contribution < -0.4 is 10.1 Å². The van der Waals surface area contributed by atoms with E-state index in [1.54, 1.807) is 37.5 Å². The van der Waals surface area contributed by atoms with Gasteiger partial charge in [-0.15, -0.1) is 0 Å². The topological polar surface area (TPSA) is 51.5 Å². The lowest BCUT2D eigenvalue weighted by atomic mass is 10.2. The number of rotatable bonds is 5. The second kappa shape index (κ2) is 7.85. The maximum atomic E-state index is 12.0. The maximum Gasteiger partial charge on any atom is 0.248 e. The molecule has 0 atom stereocenters. The minimum absolute atomic E-state index is 0.230. The van der Waals surface area contributed by atoms with Crippen molar-refractivity contribution in [3.05, 3.63) is 77.0 Å². The summed E-state index contributed by atoms with van der Waals surface area (Å²) in [6, 6.07) is 18.7. The number of nitrogens with one attached hydrogen (secondary N) is 1. The Morgan fingerprint density at radius 3 is 2.44 bits per heavy atom. The van der Waals surface area contributed by atoms with Crippen molar-refractivity contribution in [2.75, 3.05) is 12.4 Å². The van der Waals surface area contributed by atoms with Crippen LogP contribution in [0.15, 0.2) is 75.6 Å². The van der Waals surface area contributed by atoms with Crippen molar-refractivity contribution in [1.82, 2.24) is 0 Å². The Morgan fingerprint density at radius 1 is 1.04 bits per heavy atom. The average molecular weight is 398 g/mol. The van der Waals surface area contributed by atoms with E-state index in [1.807, 2.05) is 36.4 Å². The molecule has 3 rings (SSSR count). The lowest BCUT2D eigenvalue weighted by molar-refractivity contribution is -0.111. The summed E-state index contributed by atoms with van der Waals surface area (Å²) in [5.74, 6) is 1.88. The molecule has 126 valence electrons. The van der Waals surface area contributed by atoms with Gasteiger partial charge in [0.05, 0.1) is 7.11 Å². The van der Waals surface area contributed by atoms with Gasteiger partial charge in [-0.1, -0.05) is 28.1 Å². The SMILES string of the molecule is COc1ccc(NC(=O)/C=C/c2ccc(-c3ccc(Br)cc3)o2)cc1. The predicted molar refractivity (Wildman–Crippen MR) is 103 cm³/mol. The summed E-state index contributed by atoms with van der Waals surface area (Å²) in [5.41, 5.74) is 1.68. The van der Waals surface area contributed by atoms with E-state index in [4.69, 9.17) is 9.15 Å². The number of halogens is 1. The van der Waals surface area contributed by atoms with Crippen molar-refractivity contribution in [3.8, 4) is 17.1 Å². The number of carbonyl (C=O) groups excluding carboxylic acids is 1. The Morgan fingerprint density at radius 2 is 1.76 bits per heavy atom. The van der Waals surface area contributed by atoms with Crippen LogP contribution in [-0.2, 0) is 4.79 Å². The van der Waals surface area contributed by atoms with Gasteiger partial charge in [-0.3, -0.25) is 4.79 Å². The van der Waals surface area contributed by atoms with Gasteiger partial charge >= 0.3 is 0 Å². The predicted octanol–water partition coefficient (Wildman–Crippen LogP) is 5.37. The van der Waals surface area contributed by atoms with E-state index >= 15 is 0 Å². The molecule has 1 amide bonds. The Kier molecular flexibility index (Phi) is 5.36. The lowest BCUT2D eigenvalue weighted by Crippen LogP contribution is -2.07. The molecule has 0 unspecified atom stereocenters. The van der Waals surface area contributed by atoms with E-state index < -0.39 is 0 Å². The summed E-state index contributed by atoms with van der Waals surface area (Å²) in [7, 11) is 1.60. The Labute approximate surface area is 154 Å². The molecule has 3 aromatic rings. The standard InChI is InChI=1S/C20H16BrNO3/c1-24-17-8-6-16(7-9-17)22-20(23)13-11-18-10-12-19(25-18)14-2-4-15(21)5-3-14/h2-13H,1H3,(H,22,23)/b13-11+. The third-order valence-corrected chi connectivity index (χ3v) is 4.04. The zero-order valence-corrected chi connectivity index (χ0v) is 15.1. The first kappa shape index (κ1) is 17.0. The molecule has 0 bridgehead atoms. The fraction of sp³-hybridized carbons (Fsp3) is 0.0500. The van der Waals surface area contributed by atoms with Crippen molar-refractivity contribution in [2.24, 2.45) is 0 Å². The number of hydrogen-bond donors (Lipinski definition) is 1. The molecule has 1 heterocycles. The molecule has 0 saturated heterocycles. The smallest absolute Gasteiger partial charge is 0.248 e. The molecule has 0 aliphatic rings. The van der Waals surface area contributed by atoms with Crippen molar-refractivity contribution < 1.29 is 13.9 Å². The molecule has 0 radical (unpaired) electrons. The number of anilines is 1. The first-order valence-electron chi connectivity index (χ1n) is 7.63. The molecule has 25 heavy (non-hydrogen) atoms. The third-order valence-electron chi connectivity index (χ3n) is 3.51. The van der Waals surface area contributed by atoms with Gasteiger partial charge in [0.25, 0.3) is 0 Å². The van der Waals surface area contributed by atoms with E-state index in [-0.39, 0.29) is 5.91 Å². The van der Waals surface area contributed by atoms with Crippen LogP contribution in [0, 0.1) is 0 Å². The van der Waals surface area contributed by atoms with Crippen LogP contribution in [0.1, 0.15) is 5.76 Å². The normalized spacial score (nSPS) is 10.8. The van der Waals surface area contributed by atoms with Gasteiger partial charge in [0.15, 0.2) is 0 Å². The number of ether oxygens (including phenoxy) is 1. The summed E-state index contributed by atoms with van der Waals surface area (Å²) in [5, 5.41) is 2.78. The van der Waals surface area contributed by atoms with Gasteiger partial charge in [-0.05, 0) is 54.6 Å². The van der Waals surface area contributed by atoms with Gasteiger partial charge in [-0.25, -0.2) is 0 Å². The highest BCUT2D eigenvalue weighted by molar-refractivity contribution is 9.10. The molecule has 0 spiro atoms. The molecule has 5 heteroatoms. The van der Waals surface area contributed by atoms with Crippen molar-refractivity contribution in [3.63, 3.8) is 0 Å². The molecule has 1 N–H and O–H groups in total. The largest absolute Gasteiger partial charge is 0.497 e. The summed E-state index contributed by atoms with van der Waals surface area (Å²) < 4.78 is 11.8. The summed E-state index contributed by atoms with van der Waals surface area (Å²) in [6.45, 7) is 0. The first-order chi connectivity index (χ1) is 12.1. The summed E-state index contributed by atoms with van der Waals surface area (Å²) >= 11 is 3.41. The number of hydrogen-bond acceptors (Lipinski definition) is 3. The van der Waals surface area contributed by atoms with Crippen LogP contribution in [0.4, 0.5) is 5.69 Å². The molecule has 4 nitrogen and oxygen atoms in total. The minimum Gasteiger partial charge on any atom is -0.497 e. The molecular weight excluding hydrogens is 382 g/mol. The van der Waals surface area contributed by atoms with Crippen LogP contribution >= 0.6 is 15.9 Å². The molecule has 0 aliphatic heterocycles. The monoisotopic (exact) mass is 397 g/mol. The van der Waals surface area contributed by atoms with Crippen molar-refractivity contribution >= 4 is 33.6 Å². The second-order valence-electron chi connectivity index (χ2n) is 5.26. The number of furan rings is 1. The number of carbonyl (C=O) groups is 1. The minimum atomic E-state index is -0.230. The third kappa shape index (κ3) is 4.61. The molecule has 0 aliphatic carbocycles. The first-order valence-corrected chi connectivity index (χ1v) is 8.42. The zero-order valence-electron chi connectivity index (χ0n) is 13.5. The Hall–Kier alpha value is -2.79. The van der Waals surface area contributed by atoms with E-state index in [0.29, 0.717) is 11.4 Å². The van der Waals surface area contributed by atoms with E-state index in [1.165, 1.54) is 6.08 Å². The Balaban J connectivity index is 1.63. The van der Waals surface area contributed by atoms with Gasteiger partial charge in [0.1, 0.15) is 17.3 Å². The Bertz CT molecular complexity index is 880. The molecular formula is C20H16BrNO3. The van der Waals surface area contributed by atoms with Gasteiger partial charge in [-0.2, -0.15) is 0 Å². The second-order valence-corrected chi connectivity index (χ2v) is 6.18. The van der Waals surface area contributed by atoms with Crippen molar-refractivity contribution in [2.45, 2.75) is 0 Å². The van der Waals surface area contributed by atoms with Gasteiger partial charge < -0.3 is 14.5 Å². The number of methoxy groups -OCH3 is 1. The van der Waals surface area contributed by atoms with E-state index in [9.17, 15) is 4.79 Å². The zero-order chi connectivity index (χ0) is 17.6. The van der Waals surface area contributed by atoms with Crippen LogP contribution in [0.25, 0.3) is 17.4 Å². The van der Waals surface area contributed by atoms with Crippen LogP contribution in [0.3, 0.4) is 0 Å². The lowest BCUT2D eigenvalue weighted by Gasteiger charge is -2.03. The highest BCUT2D eigenvalue weighted by atomic mass is 79.9. The quantitative estimate of drug-likeness (QED) is 0.588. The highest BCUT2D eigenvalue weighted by Gasteiger charge is 2.04. The molecule has 0 saturated carbocycles. The fourth-order valence-electron chi connectivity index (χ4n) is 2.23. The summed E-state index contributed by atoms with van der Waals surface area (Å²) in [6.07, 6.45) is 3.08. The summed E-state index contributed by atoms with van der Waals surface area (Å²) in [4.78, 5) is 12.0. The highest BCUT2D eigenvalue weighted by Crippen LogP contribution is 2.24. The van der Waals surface area contributed by atoms with Gasteiger partial charge in [0.2, 0.25) is 5.91 Å². The maximum absolute atomic E-state index is 12.0. The fourth-order valence-corrected chi connectivity index (χ4v) is 2.49. The van der Waals surface area contributed by atoms with Crippen LogP contribution in [0.2, 0.25) is 0 Å². The van der Waals surface area contributed by atoms with E-state index in [2.05, 4.69) is 21.2 Å². The molecule has 1 aromatic heterocycles. The number of benzene rings is 2. The van der Waals surface area contributed by atoms with E-state index in [0.717, 1.165) is 21.5 Å². The number of amides is 1. The van der Waals surface area contributed by atoms with Crippen molar-refractivity contribution in [1.29, 1.82) is 0 Å². The molecule has 0 fully saturated rings. The molecule has 2 aromatic carbocycles. The average Bonchev–Trinajstić information content (AvgIpc) is 3.10.